The van der Waals surface area contributed by atoms with Gasteiger partial charge in [-0.1, -0.05) is 12.1 Å². The number of halogens is 1. The van der Waals surface area contributed by atoms with Crippen LogP contribution in [0.5, 0.6) is 5.75 Å². The molecular formula is C18H25FN4O3. The maximum absolute atomic E-state index is 13.6. The molecule has 2 aliphatic heterocycles. The van der Waals surface area contributed by atoms with E-state index in [1.165, 1.54) is 6.07 Å². The van der Waals surface area contributed by atoms with Gasteiger partial charge in [-0.2, -0.15) is 0 Å². The second-order valence-electron chi connectivity index (χ2n) is 6.62. The number of nitrogens with one attached hydrogen (secondary N) is 2. The molecule has 0 unspecified atom stereocenters. The number of rotatable bonds is 4. The van der Waals surface area contributed by atoms with Crippen LogP contribution >= 0.6 is 0 Å². The topological polar surface area (TPSA) is 73.9 Å². The standard InChI is InChI=1S/C18H25FN4O3/c1-2-20-17(24)22-9-7-13(8-10-22)21-18(25)23-11-14(12-23)26-16-6-4-3-5-15(16)19/h3-6,13-14H,2,7-12H2,1H3,(H,20,24)(H,21,25). The molecule has 4 amide bonds. The highest BCUT2D eigenvalue weighted by Crippen LogP contribution is 2.21. The molecule has 0 atom stereocenters. The first-order valence-electron chi connectivity index (χ1n) is 9.06. The first kappa shape index (κ1) is 18.3. The van der Waals surface area contributed by atoms with Crippen molar-refractivity contribution in [3.05, 3.63) is 30.1 Å². The first-order chi connectivity index (χ1) is 12.6. The monoisotopic (exact) mass is 364 g/mol. The van der Waals surface area contributed by atoms with Crippen molar-refractivity contribution in [1.29, 1.82) is 0 Å². The van der Waals surface area contributed by atoms with Crippen LogP contribution in [0.4, 0.5) is 14.0 Å². The molecule has 0 aromatic heterocycles. The Morgan fingerprint density at radius 2 is 1.85 bits per heavy atom. The largest absolute Gasteiger partial charge is 0.484 e. The number of carbonyl (C=O) groups is 2. The smallest absolute Gasteiger partial charge is 0.317 e. The van der Waals surface area contributed by atoms with Gasteiger partial charge in [0.2, 0.25) is 0 Å². The average Bonchev–Trinajstić information content (AvgIpc) is 2.60. The highest BCUT2D eigenvalue weighted by Gasteiger charge is 2.34. The Hall–Kier alpha value is -2.51. The molecule has 7 nitrogen and oxygen atoms in total. The van der Waals surface area contributed by atoms with Crippen molar-refractivity contribution in [3.8, 4) is 5.75 Å². The van der Waals surface area contributed by atoms with Crippen molar-refractivity contribution in [2.24, 2.45) is 0 Å². The third kappa shape index (κ3) is 4.36. The molecule has 2 saturated heterocycles. The third-order valence-electron chi connectivity index (χ3n) is 4.70. The van der Waals surface area contributed by atoms with Gasteiger partial charge in [0.25, 0.3) is 0 Å². The minimum atomic E-state index is -0.394. The van der Waals surface area contributed by atoms with Crippen LogP contribution in [0.25, 0.3) is 0 Å². The molecule has 2 fully saturated rings. The van der Waals surface area contributed by atoms with E-state index >= 15 is 0 Å². The van der Waals surface area contributed by atoms with Gasteiger partial charge < -0.3 is 25.2 Å². The van der Waals surface area contributed by atoms with Crippen molar-refractivity contribution in [2.75, 3.05) is 32.7 Å². The first-order valence-corrected chi connectivity index (χ1v) is 9.06. The Kier molecular flexibility index (Phi) is 5.80. The van der Waals surface area contributed by atoms with Gasteiger partial charge in [0.05, 0.1) is 13.1 Å². The van der Waals surface area contributed by atoms with E-state index in [0.29, 0.717) is 32.7 Å². The molecule has 2 aliphatic rings. The number of likely N-dealkylation sites (tertiary alicyclic amines) is 2. The SMILES string of the molecule is CCNC(=O)N1CCC(NC(=O)N2CC(Oc3ccccc3F)C2)CC1. The highest BCUT2D eigenvalue weighted by molar-refractivity contribution is 5.76. The number of piperidine rings is 1. The van der Waals surface area contributed by atoms with Gasteiger partial charge in [-0.15, -0.1) is 0 Å². The molecule has 0 radical (unpaired) electrons. The number of nitrogens with zero attached hydrogens (tertiary/aromatic N) is 2. The zero-order valence-electron chi connectivity index (χ0n) is 14.9. The molecule has 1 aromatic carbocycles. The Labute approximate surface area is 152 Å². The zero-order chi connectivity index (χ0) is 18.5. The lowest BCUT2D eigenvalue weighted by molar-refractivity contribution is 0.0401. The fraction of sp³-hybridized carbons (Fsp3) is 0.556. The lowest BCUT2D eigenvalue weighted by Gasteiger charge is -2.40. The molecular weight excluding hydrogens is 339 g/mol. The third-order valence-corrected chi connectivity index (χ3v) is 4.70. The summed E-state index contributed by atoms with van der Waals surface area (Å²) in [6.45, 7) is 4.66. The number of urea groups is 2. The fourth-order valence-electron chi connectivity index (χ4n) is 3.15. The van der Waals surface area contributed by atoms with Crippen LogP contribution in [-0.4, -0.2) is 66.7 Å². The molecule has 3 rings (SSSR count). The van der Waals surface area contributed by atoms with Gasteiger partial charge in [-0.05, 0) is 31.9 Å². The number of hydrogen-bond donors (Lipinski definition) is 2. The molecule has 8 heteroatoms. The number of hydrogen-bond acceptors (Lipinski definition) is 3. The van der Waals surface area contributed by atoms with Crippen LogP contribution < -0.4 is 15.4 Å². The van der Waals surface area contributed by atoms with E-state index in [-0.39, 0.29) is 30.0 Å². The Morgan fingerprint density at radius 3 is 2.50 bits per heavy atom. The van der Waals surface area contributed by atoms with E-state index in [0.717, 1.165) is 12.8 Å². The summed E-state index contributed by atoms with van der Waals surface area (Å²) in [6, 6.07) is 6.16. The second kappa shape index (κ2) is 8.25. The Bertz CT molecular complexity index is 643. The lowest BCUT2D eigenvalue weighted by Crippen LogP contribution is -2.61. The summed E-state index contributed by atoms with van der Waals surface area (Å²) in [5.41, 5.74) is 0. The predicted molar refractivity (Wildman–Crippen MR) is 94.6 cm³/mol. The quantitative estimate of drug-likeness (QED) is 0.856. The molecule has 0 spiro atoms. The van der Waals surface area contributed by atoms with Gasteiger partial charge in [-0.25, -0.2) is 14.0 Å². The average molecular weight is 364 g/mol. The summed E-state index contributed by atoms with van der Waals surface area (Å²) in [5, 5.41) is 5.79. The molecule has 1 aromatic rings. The number of benzene rings is 1. The van der Waals surface area contributed by atoms with Crippen LogP contribution in [-0.2, 0) is 0 Å². The molecule has 2 N–H and O–H groups in total. The van der Waals surface area contributed by atoms with Crippen molar-refractivity contribution in [2.45, 2.75) is 31.9 Å². The molecule has 26 heavy (non-hydrogen) atoms. The summed E-state index contributed by atoms with van der Waals surface area (Å²) in [7, 11) is 0. The van der Waals surface area contributed by atoms with E-state index in [2.05, 4.69) is 10.6 Å². The van der Waals surface area contributed by atoms with Crippen LogP contribution in [0.2, 0.25) is 0 Å². The summed E-state index contributed by atoms with van der Waals surface area (Å²) in [5.74, 6) is -0.176. The van der Waals surface area contributed by atoms with Crippen LogP contribution in [0.3, 0.4) is 0 Å². The number of ether oxygens (including phenoxy) is 1. The minimum absolute atomic E-state index is 0.0480. The highest BCUT2D eigenvalue weighted by atomic mass is 19.1. The fourth-order valence-corrected chi connectivity index (χ4v) is 3.15. The number of carbonyl (C=O) groups excluding carboxylic acids is 2. The summed E-state index contributed by atoms with van der Waals surface area (Å²) < 4.78 is 19.1. The maximum atomic E-state index is 13.6. The van der Waals surface area contributed by atoms with Gasteiger partial charge >= 0.3 is 12.1 Å². The zero-order valence-corrected chi connectivity index (χ0v) is 14.9. The minimum Gasteiger partial charge on any atom is -0.484 e. The summed E-state index contributed by atoms with van der Waals surface area (Å²) in [6.07, 6.45) is 1.30. The summed E-state index contributed by atoms with van der Waals surface area (Å²) >= 11 is 0. The van der Waals surface area contributed by atoms with E-state index in [1.807, 2.05) is 6.92 Å². The molecule has 0 aliphatic carbocycles. The predicted octanol–water partition coefficient (Wildman–Crippen LogP) is 1.79. The van der Waals surface area contributed by atoms with Crippen molar-refractivity contribution in [3.63, 3.8) is 0 Å². The van der Waals surface area contributed by atoms with E-state index in [1.54, 1.807) is 28.0 Å². The Balaban J connectivity index is 1.37. The van der Waals surface area contributed by atoms with Crippen LogP contribution in [0.1, 0.15) is 19.8 Å². The van der Waals surface area contributed by atoms with Gasteiger partial charge in [0.1, 0.15) is 6.10 Å². The van der Waals surface area contributed by atoms with Crippen molar-refractivity contribution >= 4 is 12.1 Å². The molecule has 0 bridgehead atoms. The normalized spacial score (nSPS) is 18.2. The van der Waals surface area contributed by atoms with Gasteiger partial charge in [0, 0.05) is 25.7 Å². The maximum Gasteiger partial charge on any atom is 0.317 e. The van der Waals surface area contributed by atoms with Gasteiger partial charge in [0.15, 0.2) is 11.6 Å². The number of para-hydroxylation sites is 1. The molecule has 0 saturated carbocycles. The van der Waals surface area contributed by atoms with E-state index in [9.17, 15) is 14.0 Å². The van der Waals surface area contributed by atoms with Crippen LogP contribution in [0.15, 0.2) is 24.3 Å². The lowest BCUT2D eigenvalue weighted by atomic mass is 10.1. The van der Waals surface area contributed by atoms with E-state index in [4.69, 9.17) is 4.74 Å². The number of amides is 4. The summed E-state index contributed by atoms with van der Waals surface area (Å²) in [4.78, 5) is 27.5. The molecule has 142 valence electrons. The van der Waals surface area contributed by atoms with Crippen LogP contribution in [0, 0.1) is 5.82 Å². The van der Waals surface area contributed by atoms with Crippen molar-refractivity contribution in [1.82, 2.24) is 20.4 Å². The second-order valence-corrected chi connectivity index (χ2v) is 6.62. The Morgan fingerprint density at radius 1 is 1.15 bits per heavy atom. The van der Waals surface area contributed by atoms with Crippen molar-refractivity contribution < 1.29 is 18.7 Å². The van der Waals surface area contributed by atoms with Gasteiger partial charge in [-0.3, -0.25) is 0 Å². The van der Waals surface area contributed by atoms with E-state index < -0.39 is 5.82 Å². The molecule has 2 heterocycles.